The van der Waals surface area contributed by atoms with Gasteiger partial charge in [-0.15, -0.1) is 0 Å². The van der Waals surface area contributed by atoms with Gasteiger partial charge in [0.15, 0.2) is 0 Å². The summed E-state index contributed by atoms with van der Waals surface area (Å²) in [5.41, 5.74) is 2.12. The van der Waals surface area contributed by atoms with Crippen molar-refractivity contribution in [2.24, 2.45) is 0 Å². The Balaban J connectivity index is 2.26. The van der Waals surface area contributed by atoms with Gasteiger partial charge in [-0.3, -0.25) is 4.79 Å². The molecular weight excluding hydrogens is 252 g/mol. The Hall–Kier alpha value is -2.07. The van der Waals surface area contributed by atoms with Crippen LogP contribution in [0.1, 0.15) is 17.3 Å². The molecule has 2 aromatic rings. The molecule has 1 heterocycles. The monoisotopic (exact) mass is 272 g/mol. The van der Waals surface area contributed by atoms with Crippen LogP contribution in [0.2, 0.25) is 0 Å². The number of ether oxygens (including phenoxy) is 1. The molecule has 0 spiro atoms. The van der Waals surface area contributed by atoms with E-state index in [-0.39, 0.29) is 11.6 Å². The van der Waals surface area contributed by atoms with E-state index in [1.165, 1.54) is 0 Å². The van der Waals surface area contributed by atoms with Gasteiger partial charge >= 0.3 is 0 Å². The molecule has 20 heavy (non-hydrogen) atoms. The van der Waals surface area contributed by atoms with Crippen LogP contribution in [0, 0.1) is 6.92 Å². The van der Waals surface area contributed by atoms with Crippen molar-refractivity contribution in [3.05, 3.63) is 64.1 Å². The summed E-state index contributed by atoms with van der Waals surface area (Å²) >= 11 is 0. The van der Waals surface area contributed by atoms with Gasteiger partial charge in [0.2, 0.25) is 0 Å². The number of pyridine rings is 1. The zero-order valence-corrected chi connectivity index (χ0v) is 12.1. The fraction of sp³-hybridized carbons (Fsp3) is 0.312. The van der Waals surface area contributed by atoms with Gasteiger partial charge in [-0.1, -0.05) is 18.2 Å². The fourth-order valence-electron chi connectivity index (χ4n) is 2.24. The molecule has 0 aliphatic carbocycles. The van der Waals surface area contributed by atoms with Crippen LogP contribution in [-0.2, 0) is 6.54 Å². The van der Waals surface area contributed by atoms with Crippen LogP contribution < -0.4 is 15.6 Å². The largest absolute Gasteiger partial charge is 0.497 e. The van der Waals surface area contributed by atoms with E-state index in [2.05, 4.69) is 5.32 Å². The molecule has 4 nitrogen and oxygen atoms in total. The summed E-state index contributed by atoms with van der Waals surface area (Å²) in [5.74, 6) is 0.830. The lowest BCUT2D eigenvalue weighted by atomic mass is 10.1. The number of nitrogens with one attached hydrogen (secondary N) is 1. The molecule has 4 heteroatoms. The number of benzene rings is 1. The third-order valence-electron chi connectivity index (χ3n) is 3.50. The molecule has 1 N–H and O–H groups in total. The summed E-state index contributed by atoms with van der Waals surface area (Å²) in [5, 5.41) is 3.26. The molecule has 1 atom stereocenters. The van der Waals surface area contributed by atoms with E-state index < -0.39 is 0 Å². The van der Waals surface area contributed by atoms with Crippen molar-refractivity contribution < 1.29 is 4.74 Å². The van der Waals surface area contributed by atoms with Gasteiger partial charge in [-0.2, -0.15) is 0 Å². The van der Waals surface area contributed by atoms with Crippen molar-refractivity contribution in [3.63, 3.8) is 0 Å². The van der Waals surface area contributed by atoms with Crippen LogP contribution in [0.3, 0.4) is 0 Å². The molecule has 0 saturated heterocycles. The zero-order valence-electron chi connectivity index (χ0n) is 12.1. The first-order valence-electron chi connectivity index (χ1n) is 6.63. The Morgan fingerprint density at radius 2 is 1.90 bits per heavy atom. The highest BCUT2D eigenvalue weighted by atomic mass is 16.5. The molecule has 106 valence electrons. The van der Waals surface area contributed by atoms with Crippen molar-refractivity contribution in [3.8, 4) is 5.75 Å². The lowest BCUT2D eigenvalue weighted by Gasteiger charge is -2.19. The van der Waals surface area contributed by atoms with Crippen molar-refractivity contribution in [1.82, 2.24) is 9.88 Å². The smallest absolute Gasteiger partial charge is 0.250 e. The first-order valence-corrected chi connectivity index (χ1v) is 6.63. The molecular formula is C16H20N2O2. The number of likely N-dealkylation sites (N-methyl/N-ethyl adjacent to an activating group) is 1. The SMILES string of the molecule is CNC(Cn1c(C)cccc1=O)c1ccc(OC)cc1. The molecule has 1 aromatic heterocycles. The number of aromatic nitrogens is 1. The van der Waals surface area contributed by atoms with Crippen molar-refractivity contribution >= 4 is 0 Å². The van der Waals surface area contributed by atoms with Crippen LogP contribution >= 0.6 is 0 Å². The lowest BCUT2D eigenvalue weighted by Crippen LogP contribution is -2.29. The second kappa shape index (κ2) is 6.39. The van der Waals surface area contributed by atoms with E-state index in [0.717, 1.165) is 17.0 Å². The minimum atomic E-state index is 0.0266. The van der Waals surface area contributed by atoms with E-state index in [9.17, 15) is 4.79 Å². The molecule has 0 saturated carbocycles. The fourth-order valence-corrected chi connectivity index (χ4v) is 2.24. The highest BCUT2D eigenvalue weighted by Crippen LogP contribution is 2.18. The number of hydrogen-bond acceptors (Lipinski definition) is 3. The molecule has 0 bridgehead atoms. The quantitative estimate of drug-likeness (QED) is 0.906. The predicted molar refractivity (Wildman–Crippen MR) is 80.2 cm³/mol. The number of methoxy groups -OCH3 is 1. The lowest BCUT2D eigenvalue weighted by molar-refractivity contribution is 0.414. The van der Waals surface area contributed by atoms with Crippen LogP contribution in [0.15, 0.2) is 47.3 Å². The second-order valence-electron chi connectivity index (χ2n) is 4.73. The summed E-state index contributed by atoms with van der Waals surface area (Å²) < 4.78 is 6.95. The number of rotatable bonds is 5. The summed E-state index contributed by atoms with van der Waals surface area (Å²) in [6.45, 7) is 2.55. The van der Waals surface area contributed by atoms with Gasteiger partial charge in [-0.25, -0.2) is 0 Å². The Morgan fingerprint density at radius 1 is 1.20 bits per heavy atom. The molecule has 2 rings (SSSR count). The highest BCUT2D eigenvalue weighted by Gasteiger charge is 2.12. The van der Waals surface area contributed by atoms with E-state index in [1.54, 1.807) is 23.8 Å². The van der Waals surface area contributed by atoms with Crippen LogP contribution in [-0.4, -0.2) is 18.7 Å². The minimum Gasteiger partial charge on any atom is -0.497 e. The normalized spacial score (nSPS) is 12.2. The third-order valence-corrected chi connectivity index (χ3v) is 3.50. The van der Waals surface area contributed by atoms with Gasteiger partial charge in [0, 0.05) is 18.3 Å². The molecule has 1 unspecified atom stereocenters. The standard InChI is InChI=1S/C16H20N2O2/c1-12-5-4-6-16(19)18(12)11-15(17-2)13-7-9-14(20-3)10-8-13/h4-10,15,17H,11H2,1-3H3. The average Bonchev–Trinajstić information content (AvgIpc) is 2.47. The van der Waals surface area contributed by atoms with Gasteiger partial charge in [0.25, 0.3) is 5.56 Å². The summed E-state index contributed by atoms with van der Waals surface area (Å²) in [7, 11) is 3.55. The Bertz CT molecular complexity index is 617. The van der Waals surface area contributed by atoms with Gasteiger partial charge in [0.1, 0.15) is 5.75 Å². The van der Waals surface area contributed by atoms with Gasteiger partial charge in [-0.05, 0) is 37.7 Å². The van der Waals surface area contributed by atoms with Crippen molar-refractivity contribution in [1.29, 1.82) is 0 Å². The first-order chi connectivity index (χ1) is 9.65. The van der Waals surface area contributed by atoms with Crippen molar-refractivity contribution in [2.75, 3.05) is 14.2 Å². The number of nitrogens with zero attached hydrogens (tertiary/aromatic N) is 1. The molecule has 0 fully saturated rings. The van der Waals surface area contributed by atoms with E-state index in [4.69, 9.17) is 4.74 Å². The van der Waals surface area contributed by atoms with Gasteiger partial charge < -0.3 is 14.6 Å². The van der Waals surface area contributed by atoms with E-state index >= 15 is 0 Å². The average molecular weight is 272 g/mol. The molecule has 0 aliphatic rings. The first kappa shape index (κ1) is 14.3. The maximum absolute atomic E-state index is 11.9. The zero-order chi connectivity index (χ0) is 14.5. The highest BCUT2D eigenvalue weighted by molar-refractivity contribution is 5.29. The topological polar surface area (TPSA) is 43.3 Å². The number of aryl methyl sites for hydroxylation is 1. The predicted octanol–water partition coefficient (Wildman–Crippen LogP) is 2.13. The van der Waals surface area contributed by atoms with Gasteiger partial charge in [0.05, 0.1) is 13.2 Å². The van der Waals surface area contributed by atoms with E-state index in [0.29, 0.717) is 6.54 Å². The van der Waals surface area contributed by atoms with Crippen LogP contribution in [0.25, 0.3) is 0 Å². The number of hydrogen-bond donors (Lipinski definition) is 1. The summed E-state index contributed by atoms with van der Waals surface area (Å²) in [6, 6.07) is 13.3. The summed E-state index contributed by atoms with van der Waals surface area (Å²) in [6.07, 6.45) is 0. The van der Waals surface area contributed by atoms with Crippen molar-refractivity contribution in [2.45, 2.75) is 19.5 Å². The van der Waals surface area contributed by atoms with Crippen LogP contribution in [0.4, 0.5) is 0 Å². The van der Waals surface area contributed by atoms with E-state index in [1.807, 2.05) is 44.3 Å². The van der Waals surface area contributed by atoms with Crippen LogP contribution in [0.5, 0.6) is 5.75 Å². The molecule has 0 aliphatic heterocycles. The Kier molecular flexibility index (Phi) is 4.58. The molecule has 0 radical (unpaired) electrons. The second-order valence-corrected chi connectivity index (χ2v) is 4.73. The maximum Gasteiger partial charge on any atom is 0.250 e. The molecule has 1 aromatic carbocycles. The third kappa shape index (κ3) is 3.08. The maximum atomic E-state index is 11.9. The Labute approximate surface area is 119 Å². The summed E-state index contributed by atoms with van der Waals surface area (Å²) in [4.78, 5) is 11.9. The minimum absolute atomic E-state index is 0.0266. The molecule has 0 amide bonds. The Morgan fingerprint density at radius 3 is 2.45 bits per heavy atom.